The van der Waals surface area contributed by atoms with Crippen LogP contribution in [0.25, 0.3) is 0 Å². The van der Waals surface area contributed by atoms with Crippen molar-refractivity contribution >= 4 is 23.0 Å². The number of alkyl halides is 3. The minimum Gasteiger partial charge on any atom is -0.385 e. The number of carbonyl (C=O) groups is 1. The fourth-order valence-electron chi connectivity index (χ4n) is 2.75. The Morgan fingerprint density at radius 2 is 1.63 bits per heavy atom. The Balaban J connectivity index is 1.87. The summed E-state index contributed by atoms with van der Waals surface area (Å²) < 4.78 is 38.8. The molecule has 1 amide bonds. The van der Waals surface area contributed by atoms with Crippen LogP contribution in [-0.4, -0.2) is 25.5 Å². The van der Waals surface area contributed by atoms with Gasteiger partial charge >= 0.3 is 6.18 Å². The molecule has 0 spiro atoms. The van der Waals surface area contributed by atoms with E-state index >= 15 is 0 Å². The topological polar surface area (TPSA) is 44.4 Å². The average molecular weight is 379 g/mol. The van der Waals surface area contributed by atoms with E-state index in [0.29, 0.717) is 6.54 Å². The van der Waals surface area contributed by atoms with E-state index in [1.165, 1.54) is 18.2 Å². The van der Waals surface area contributed by atoms with Crippen LogP contribution >= 0.6 is 0 Å². The SMILES string of the molecule is CCN(CC)c1ccc(NCCC(=O)Nc2ccccc2C(F)(F)F)cc1. The highest BCUT2D eigenvalue weighted by Gasteiger charge is 2.33. The molecule has 0 heterocycles. The van der Waals surface area contributed by atoms with E-state index in [9.17, 15) is 18.0 Å². The number of anilines is 3. The summed E-state index contributed by atoms with van der Waals surface area (Å²) >= 11 is 0. The molecule has 0 saturated heterocycles. The second-order valence-electron chi connectivity index (χ2n) is 5.99. The monoisotopic (exact) mass is 379 g/mol. The molecule has 0 aromatic heterocycles. The van der Waals surface area contributed by atoms with Crippen LogP contribution in [0, 0.1) is 0 Å². The van der Waals surface area contributed by atoms with E-state index in [4.69, 9.17) is 0 Å². The number of benzene rings is 2. The Bertz CT molecular complexity index is 741. The van der Waals surface area contributed by atoms with Gasteiger partial charge < -0.3 is 15.5 Å². The van der Waals surface area contributed by atoms with Crippen molar-refractivity contribution in [2.75, 3.05) is 35.2 Å². The Kier molecular flexibility index (Phi) is 7.10. The van der Waals surface area contributed by atoms with Gasteiger partial charge in [-0.1, -0.05) is 12.1 Å². The highest BCUT2D eigenvalue weighted by molar-refractivity contribution is 5.91. The van der Waals surface area contributed by atoms with Gasteiger partial charge in [-0.2, -0.15) is 13.2 Å². The fourth-order valence-corrected chi connectivity index (χ4v) is 2.75. The maximum Gasteiger partial charge on any atom is 0.418 e. The van der Waals surface area contributed by atoms with Crippen LogP contribution in [0.2, 0.25) is 0 Å². The maximum absolute atomic E-state index is 12.9. The van der Waals surface area contributed by atoms with Gasteiger partial charge in [-0.3, -0.25) is 4.79 Å². The quantitative estimate of drug-likeness (QED) is 0.679. The Hall–Kier alpha value is -2.70. The van der Waals surface area contributed by atoms with Crippen molar-refractivity contribution in [1.29, 1.82) is 0 Å². The molecule has 0 aliphatic heterocycles. The zero-order valence-corrected chi connectivity index (χ0v) is 15.4. The molecule has 0 aliphatic rings. The molecule has 0 atom stereocenters. The number of hydrogen-bond donors (Lipinski definition) is 2. The van der Waals surface area contributed by atoms with Gasteiger partial charge in [-0.15, -0.1) is 0 Å². The summed E-state index contributed by atoms with van der Waals surface area (Å²) in [5.41, 5.74) is 0.901. The molecule has 146 valence electrons. The molecule has 2 N–H and O–H groups in total. The van der Waals surface area contributed by atoms with Crippen LogP contribution in [0.3, 0.4) is 0 Å². The molecular weight excluding hydrogens is 355 g/mol. The van der Waals surface area contributed by atoms with Crippen LogP contribution in [0.15, 0.2) is 48.5 Å². The number of nitrogens with zero attached hydrogens (tertiary/aromatic N) is 1. The van der Waals surface area contributed by atoms with E-state index in [1.54, 1.807) is 0 Å². The summed E-state index contributed by atoms with van der Waals surface area (Å²) in [5.74, 6) is -0.473. The molecule has 0 unspecified atom stereocenters. The number of hydrogen-bond acceptors (Lipinski definition) is 3. The standard InChI is InChI=1S/C20H24F3N3O/c1-3-26(4-2)16-11-9-15(10-12-16)24-14-13-19(27)25-18-8-6-5-7-17(18)20(21,22)23/h5-12,24H,3-4,13-14H2,1-2H3,(H,25,27). The van der Waals surface area contributed by atoms with E-state index in [-0.39, 0.29) is 12.1 Å². The lowest BCUT2D eigenvalue weighted by Gasteiger charge is -2.21. The third-order valence-electron chi connectivity index (χ3n) is 4.18. The summed E-state index contributed by atoms with van der Waals surface area (Å²) in [5, 5.41) is 5.44. The first-order valence-corrected chi connectivity index (χ1v) is 8.90. The normalized spacial score (nSPS) is 11.1. The van der Waals surface area contributed by atoms with Crippen molar-refractivity contribution < 1.29 is 18.0 Å². The Labute approximate surface area is 157 Å². The summed E-state index contributed by atoms with van der Waals surface area (Å²) in [4.78, 5) is 14.2. The van der Waals surface area contributed by atoms with Crippen LogP contribution in [0.5, 0.6) is 0 Å². The number of para-hydroxylation sites is 1. The zero-order chi connectivity index (χ0) is 19.9. The van der Waals surface area contributed by atoms with Gasteiger partial charge in [-0.05, 0) is 50.2 Å². The zero-order valence-electron chi connectivity index (χ0n) is 15.4. The minimum absolute atomic E-state index is 0.0595. The predicted molar refractivity (Wildman–Crippen MR) is 103 cm³/mol. The van der Waals surface area contributed by atoms with E-state index in [2.05, 4.69) is 29.4 Å². The molecule has 0 radical (unpaired) electrons. The van der Waals surface area contributed by atoms with E-state index in [1.807, 2.05) is 24.3 Å². The molecule has 0 bridgehead atoms. The molecule has 2 aromatic rings. The smallest absolute Gasteiger partial charge is 0.385 e. The first kappa shape index (κ1) is 20.6. The third-order valence-corrected chi connectivity index (χ3v) is 4.18. The van der Waals surface area contributed by atoms with Gasteiger partial charge in [0.15, 0.2) is 0 Å². The highest BCUT2D eigenvalue weighted by atomic mass is 19.4. The molecule has 2 aromatic carbocycles. The lowest BCUT2D eigenvalue weighted by molar-refractivity contribution is -0.137. The minimum atomic E-state index is -4.51. The van der Waals surface area contributed by atoms with Crippen LogP contribution < -0.4 is 15.5 Å². The number of amides is 1. The first-order chi connectivity index (χ1) is 12.8. The largest absolute Gasteiger partial charge is 0.418 e. The van der Waals surface area contributed by atoms with Gasteiger partial charge in [0, 0.05) is 37.4 Å². The number of halogens is 3. The fraction of sp³-hybridized carbons (Fsp3) is 0.350. The summed E-state index contributed by atoms with van der Waals surface area (Å²) in [6, 6.07) is 12.8. The van der Waals surface area contributed by atoms with Crippen LogP contribution in [0.4, 0.5) is 30.2 Å². The third kappa shape index (κ3) is 5.91. The van der Waals surface area contributed by atoms with E-state index < -0.39 is 17.6 Å². The summed E-state index contributed by atoms with van der Waals surface area (Å²) in [6.45, 7) is 6.34. The molecule has 7 heteroatoms. The lowest BCUT2D eigenvalue weighted by atomic mass is 10.1. The number of carbonyl (C=O) groups excluding carboxylic acids is 1. The van der Waals surface area contributed by atoms with Crippen LogP contribution in [-0.2, 0) is 11.0 Å². The van der Waals surface area contributed by atoms with Gasteiger partial charge in [0.25, 0.3) is 0 Å². The predicted octanol–water partition coefficient (Wildman–Crippen LogP) is 4.99. The van der Waals surface area contributed by atoms with Crippen molar-refractivity contribution in [2.45, 2.75) is 26.4 Å². The molecule has 0 fully saturated rings. The maximum atomic E-state index is 12.9. The second-order valence-corrected chi connectivity index (χ2v) is 5.99. The van der Waals surface area contributed by atoms with Gasteiger partial charge in [0.05, 0.1) is 11.3 Å². The van der Waals surface area contributed by atoms with Crippen molar-refractivity contribution in [1.82, 2.24) is 0 Å². The number of rotatable bonds is 8. The molecular formula is C20H24F3N3O. The molecule has 27 heavy (non-hydrogen) atoms. The van der Waals surface area contributed by atoms with Crippen molar-refractivity contribution in [3.63, 3.8) is 0 Å². The molecule has 0 aliphatic carbocycles. The van der Waals surface area contributed by atoms with Crippen molar-refractivity contribution in [2.24, 2.45) is 0 Å². The Morgan fingerprint density at radius 3 is 2.22 bits per heavy atom. The molecule has 2 rings (SSSR count). The first-order valence-electron chi connectivity index (χ1n) is 8.90. The van der Waals surface area contributed by atoms with Gasteiger partial charge in [-0.25, -0.2) is 0 Å². The van der Waals surface area contributed by atoms with Crippen molar-refractivity contribution in [3.8, 4) is 0 Å². The van der Waals surface area contributed by atoms with Gasteiger partial charge in [0.2, 0.25) is 5.91 Å². The van der Waals surface area contributed by atoms with Crippen molar-refractivity contribution in [3.05, 3.63) is 54.1 Å². The van der Waals surface area contributed by atoms with Gasteiger partial charge in [0.1, 0.15) is 0 Å². The molecule has 4 nitrogen and oxygen atoms in total. The molecule has 0 saturated carbocycles. The van der Waals surface area contributed by atoms with Crippen LogP contribution in [0.1, 0.15) is 25.8 Å². The van der Waals surface area contributed by atoms with E-state index in [0.717, 1.165) is 30.5 Å². The second kappa shape index (κ2) is 9.30. The number of nitrogens with one attached hydrogen (secondary N) is 2. The summed E-state index contributed by atoms with van der Waals surface area (Å²) in [7, 11) is 0. The highest BCUT2D eigenvalue weighted by Crippen LogP contribution is 2.34. The lowest BCUT2D eigenvalue weighted by Crippen LogP contribution is -2.21. The summed E-state index contributed by atoms with van der Waals surface area (Å²) in [6.07, 6.45) is -4.45. The Morgan fingerprint density at radius 1 is 1.00 bits per heavy atom. The average Bonchev–Trinajstić information content (AvgIpc) is 2.63.